The van der Waals surface area contributed by atoms with Crippen LogP contribution in [0.5, 0.6) is 0 Å². The highest BCUT2D eigenvalue weighted by molar-refractivity contribution is 9.10. The fraction of sp³-hybridized carbons (Fsp3) is 0.125. The van der Waals surface area contributed by atoms with Crippen molar-refractivity contribution in [3.05, 3.63) is 69.0 Å². The Labute approximate surface area is 120 Å². The second-order valence-corrected chi connectivity index (χ2v) is 6.52. The lowest BCUT2D eigenvalue weighted by Gasteiger charge is -2.10. The van der Waals surface area contributed by atoms with Crippen LogP contribution in [-0.4, -0.2) is 0 Å². The molecule has 1 unspecified atom stereocenters. The monoisotopic (exact) mass is 316 g/mol. The zero-order valence-corrected chi connectivity index (χ0v) is 12.5. The van der Waals surface area contributed by atoms with Crippen LogP contribution in [0.15, 0.2) is 62.8 Å². The summed E-state index contributed by atoms with van der Waals surface area (Å²) in [6, 6.07) is 17.1. The van der Waals surface area contributed by atoms with E-state index in [2.05, 4.69) is 77.5 Å². The van der Waals surface area contributed by atoms with Crippen LogP contribution in [-0.2, 0) is 0 Å². The number of fused-ring (bicyclic) bond motifs is 1. The van der Waals surface area contributed by atoms with Crippen LogP contribution < -0.4 is 0 Å². The summed E-state index contributed by atoms with van der Waals surface area (Å²) in [5.74, 6) is 0.498. The van der Waals surface area contributed by atoms with Gasteiger partial charge in [0.25, 0.3) is 0 Å². The van der Waals surface area contributed by atoms with Crippen LogP contribution >= 0.6 is 27.7 Å². The zero-order valence-electron chi connectivity index (χ0n) is 10.1. The third-order valence-corrected chi connectivity index (χ3v) is 4.93. The van der Waals surface area contributed by atoms with E-state index < -0.39 is 0 Å². The lowest BCUT2D eigenvalue weighted by atomic mass is 10.0. The lowest BCUT2D eigenvalue weighted by molar-refractivity contribution is 0.974. The molecule has 0 bridgehead atoms. The molecule has 0 N–H and O–H groups in total. The predicted molar refractivity (Wildman–Crippen MR) is 82.8 cm³/mol. The fourth-order valence-corrected chi connectivity index (χ4v) is 3.67. The highest BCUT2D eigenvalue weighted by Gasteiger charge is 2.21. The van der Waals surface area contributed by atoms with Gasteiger partial charge in [-0.05, 0) is 46.4 Å². The lowest BCUT2D eigenvalue weighted by Crippen LogP contribution is -1.90. The molecule has 2 aromatic rings. The first-order valence-electron chi connectivity index (χ1n) is 5.98. The maximum atomic E-state index is 3.54. The van der Waals surface area contributed by atoms with Gasteiger partial charge in [0.1, 0.15) is 0 Å². The van der Waals surface area contributed by atoms with Crippen molar-refractivity contribution < 1.29 is 0 Å². The minimum absolute atomic E-state index is 0.498. The van der Waals surface area contributed by atoms with E-state index in [1.165, 1.54) is 20.9 Å². The summed E-state index contributed by atoms with van der Waals surface area (Å²) < 4.78 is 1.15. The van der Waals surface area contributed by atoms with Crippen molar-refractivity contribution in [2.75, 3.05) is 0 Å². The van der Waals surface area contributed by atoms with Gasteiger partial charge in [-0.1, -0.05) is 58.9 Å². The summed E-state index contributed by atoms with van der Waals surface area (Å²) in [5.41, 5.74) is 2.77. The quantitative estimate of drug-likeness (QED) is 0.684. The van der Waals surface area contributed by atoms with Crippen LogP contribution in [0.25, 0.3) is 6.08 Å². The summed E-state index contributed by atoms with van der Waals surface area (Å²) in [4.78, 5) is 2.73. The van der Waals surface area contributed by atoms with Gasteiger partial charge in [0.15, 0.2) is 0 Å². The Bertz CT molecular complexity index is 602. The average molecular weight is 317 g/mol. The Balaban J connectivity index is 1.90. The normalized spacial score (nSPS) is 17.4. The molecular weight excluding hydrogens is 304 g/mol. The van der Waals surface area contributed by atoms with E-state index in [0.717, 1.165) is 4.47 Å². The van der Waals surface area contributed by atoms with E-state index in [9.17, 15) is 0 Å². The van der Waals surface area contributed by atoms with Crippen molar-refractivity contribution in [3.63, 3.8) is 0 Å². The SMILES string of the molecule is CC1C(Sc2ccccc2)=Cc2cc(Br)ccc21. The summed E-state index contributed by atoms with van der Waals surface area (Å²) in [7, 11) is 0. The number of hydrogen-bond donors (Lipinski definition) is 0. The zero-order chi connectivity index (χ0) is 12.5. The van der Waals surface area contributed by atoms with Gasteiger partial charge in [-0.3, -0.25) is 0 Å². The largest absolute Gasteiger partial charge is 0.0939 e. The molecule has 2 aromatic carbocycles. The number of benzene rings is 2. The summed E-state index contributed by atoms with van der Waals surface area (Å²) in [5, 5.41) is 0. The van der Waals surface area contributed by atoms with E-state index in [1.54, 1.807) is 0 Å². The first-order chi connectivity index (χ1) is 8.74. The molecule has 18 heavy (non-hydrogen) atoms. The third kappa shape index (κ3) is 2.27. The van der Waals surface area contributed by atoms with Crippen molar-refractivity contribution in [2.45, 2.75) is 17.7 Å². The van der Waals surface area contributed by atoms with Crippen molar-refractivity contribution >= 4 is 33.8 Å². The Morgan fingerprint density at radius 2 is 1.83 bits per heavy atom. The Hall–Kier alpha value is -0.990. The van der Waals surface area contributed by atoms with E-state index >= 15 is 0 Å². The second kappa shape index (κ2) is 4.94. The molecule has 3 rings (SSSR count). The molecule has 0 nitrogen and oxygen atoms in total. The highest BCUT2D eigenvalue weighted by atomic mass is 79.9. The van der Waals surface area contributed by atoms with Gasteiger partial charge >= 0.3 is 0 Å². The van der Waals surface area contributed by atoms with Crippen molar-refractivity contribution in [1.82, 2.24) is 0 Å². The van der Waals surface area contributed by atoms with Gasteiger partial charge in [0.2, 0.25) is 0 Å². The maximum absolute atomic E-state index is 3.54. The Kier molecular flexibility index (Phi) is 3.31. The van der Waals surface area contributed by atoms with Crippen LogP contribution in [0.3, 0.4) is 0 Å². The fourth-order valence-electron chi connectivity index (χ4n) is 2.24. The second-order valence-electron chi connectivity index (χ2n) is 4.46. The molecule has 1 aliphatic rings. The van der Waals surface area contributed by atoms with Crippen LogP contribution in [0.4, 0.5) is 0 Å². The molecule has 0 radical (unpaired) electrons. The molecule has 0 heterocycles. The first-order valence-corrected chi connectivity index (χ1v) is 7.59. The molecular formula is C16H13BrS. The Morgan fingerprint density at radius 3 is 2.61 bits per heavy atom. The minimum Gasteiger partial charge on any atom is -0.0939 e. The highest BCUT2D eigenvalue weighted by Crippen LogP contribution is 2.45. The van der Waals surface area contributed by atoms with E-state index in [0.29, 0.717) is 5.92 Å². The molecule has 2 heteroatoms. The molecule has 0 aliphatic heterocycles. The third-order valence-electron chi connectivity index (χ3n) is 3.22. The molecule has 0 spiro atoms. The number of halogens is 1. The first kappa shape index (κ1) is 12.1. The number of hydrogen-bond acceptors (Lipinski definition) is 1. The van der Waals surface area contributed by atoms with Crippen LogP contribution in [0.1, 0.15) is 24.0 Å². The van der Waals surface area contributed by atoms with Gasteiger partial charge in [-0.15, -0.1) is 0 Å². The van der Waals surface area contributed by atoms with Gasteiger partial charge in [0, 0.05) is 15.3 Å². The molecule has 0 fully saturated rings. The van der Waals surface area contributed by atoms with Gasteiger partial charge in [-0.25, -0.2) is 0 Å². The van der Waals surface area contributed by atoms with Gasteiger partial charge < -0.3 is 0 Å². The summed E-state index contributed by atoms with van der Waals surface area (Å²) in [6.07, 6.45) is 2.31. The Morgan fingerprint density at radius 1 is 1.06 bits per heavy atom. The van der Waals surface area contributed by atoms with Crippen molar-refractivity contribution in [1.29, 1.82) is 0 Å². The number of thioether (sulfide) groups is 1. The molecule has 0 amide bonds. The van der Waals surface area contributed by atoms with Gasteiger partial charge in [0.05, 0.1) is 0 Å². The molecule has 0 aromatic heterocycles. The average Bonchev–Trinajstić information content (AvgIpc) is 2.67. The molecule has 1 aliphatic carbocycles. The summed E-state index contributed by atoms with van der Waals surface area (Å²) in [6.45, 7) is 2.28. The minimum atomic E-state index is 0.498. The topological polar surface area (TPSA) is 0 Å². The van der Waals surface area contributed by atoms with Crippen molar-refractivity contribution in [3.8, 4) is 0 Å². The van der Waals surface area contributed by atoms with E-state index in [1.807, 2.05) is 11.8 Å². The van der Waals surface area contributed by atoms with E-state index in [-0.39, 0.29) is 0 Å². The smallest absolute Gasteiger partial charge is 0.0181 e. The van der Waals surface area contributed by atoms with E-state index in [4.69, 9.17) is 0 Å². The number of allylic oxidation sites excluding steroid dienone is 1. The molecule has 0 saturated carbocycles. The molecule has 1 atom stereocenters. The van der Waals surface area contributed by atoms with Crippen molar-refractivity contribution in [2.24, 2.45) is 0 Å². The van der Waals surface area contributed by atoms with Crippen LogP contribution in [0, 0.1) is 0 Å². The standard InChI is InChI=1S/C16H13BrS/c1-11-15-8-7-13(17)9-12(15)10-16(11)18-14-5-3-2-4-6-14/h2-11H,1H3. The molecule has 90 valence electrons. The maximum Gasteiger partial charge on any atom is 0.0181 e. The number of rotatable bonds is 2. The van der Waals surface area contributed by atoms with Gasteiger partial charge in [-0.2, -0.15) is 0 Å². The predicted octanol–water partition coefficient (Wildman–Crippen LogP) is 5.70. The molecule has 0 saturated heterocycles. The summed E-state index contributed by atoms with van der Waals surface area (Å²) >= 11 is 5.40. The van der Waals surface area contributed by atoms with Crippen LogP contribution in [0.2, 0.25) is 0 Å².